The van der Waals surface area contributed by atoms with Crippen LogP contribution in [0.5, 0.6) is 0 Å². The van der Waals surface area contributed by atoms with Gasteiger partial charge in [-0.3, -0.25) is 0 Å². The standard InChI is InChI=1S/C14H10BrF2NO2/c15-10-3-8(4-11(16)6-10)7-20-14(19)9-1-2-12(17)13(18)5-9/h1-6H,7,18H2. The smallest absolute Gasteiger partial charge is 0.338 e. The Morgan fingerprint density at radius 1 is 1.20 bits per heavy atom. The van der Waals surface area contributed by atoms with Gasteiger partial charge in [0.05, 0.1) is 11.3 Å². The number of carbonyl (C=O) groups is 1. The van der Waals surface area contributed by atoms with E-state index in [9.17, 15) is 13.6 Å². The predicted octanol–water partition coefficient (Wildman–Crippen LogP) is 3.67. The second-order valence-corrected chi connectivity index (χ2v) is 5.01. The van der Waals surface area contributed by atoms with Crippen molar-refractivity contribution in [2.24, 2.45) is 0 Å². The number of hydrogen-bond donors (Lipinski definition) is 1. The fraction of sp³-hybridized carbons (Fsp3) is 0.0714. The lowest BCUT2D eigenvalue weighted by Crippen LogP contribution is -2.06. The molecular formula is C14H10BrF2NO2. The largest absolute Gasteiger partial charge is 0.457 e. The summed E-state index contributed by atoms with van der Waals surface area (Å²) >= 11 is 3.14. The second kappa shape index (κ2) is 6.00. The van der Waals surface area contributed by atoms with Crippen LogP contribution in [0.4, 0.5) is 14.5 Å². The number of benzene rings is 2. The van der Waals surface area contributed by atoms with Gasteiger partial charge < -0.3 is 10.5 Å². The molecule has 20 heavy (non-hydrogen) atoms. The average Bonchev–Trinajstić information content (AvgIpc) is 2.38. The van der Waals surface area contributed by atoms with Crippen LogP contribution in [0.15, 0.2) is 40.9 Å². The summed E-state index contributed by atoms with van der Waals surface area (Å²) in [6.07, 6.45) is 0. The number of halogens is 3. The predicted molar refractivity (Wildman–Crippen MR) is 74.0 cm³/mol. The van der Waals surface area contributed by atoms with Gasteiger partial charge in [0.1, 0.15) is 18.2 Å². The molecule has 2 aromatic carbocycles. The Morgan fingerprint density at radius 3 is 2.60 bits per heavy atom. The van der Waals surface area contributed by atoms with E-state index in [1.54, 1.807) is 6.07 Å². The Balaban J connectivity index is 2.06. The minimum Gasteiger partial charge on any atom is -0.457 e. The third kappa shape index (κ3) is 3.54. The topological polar surface area (TPSA) is 52.3 Å². The first kappa shape index (κ1) is 14.5. The maximum absolute atomic E-state index is 13.1. The minimum absolute atomic E-state index is 0.0908. The van der Waals surface area contributed by atoms with Crippen LogP contribution < -0.4 is 5.73 Å². The van der Waals surface area contributed by atoms with E-state index in [1.807, 2.05) is 0 Å². The van der Waals surface area contributed by atoms with Crippen LogP contribution in [0.3, 0.4) is 0 Å². The number of rotatable bonds is 3. The summed E-state index contributed by atoms with van der Waals surface area (Å²) in [6, 6.07) is 7.75. The van der Waals surface area contributed by atoms with Gasteiger partial charge in [-0.1, -0.05) is 15.9 Å². The van der Waals surface area contributed by atoms with Crippen LogP contribution in [0.25, 0.3) is 0 Å². The molecule has 0 saturated heterocycles. The molecule has 0 amide bonds. The van der Waals surface area contributed by atoms with Crippen molar-refractivity contribution in [2.75, 3.05) is 5.73 Å². The average molecular weight is 342 g/mol. The number of nitrogen functional groups attached to an aromatic ring is 1. The van der Waals surface area contributed by atoms with E-state index in [0.29, 0.717) is 10.0 Å². The zero-order chi connectivity index (χ0) is 14.7. The molecule has 0 unspecified atom stereocenters. The van der Waals surface area contributed by atoms with Gasteiger partial charge in [-0.15, -0.1) is 0 Å². The first-order chi connectivity index (χ1) is 9.45. The Bertz CT molecular complexity index is 641. The normalized spacial score (nSPS) is 10.3. The molecule has 0 aliphatic carbocycles. The molecular weight excluding hydrogens is 332 g/mol. The SMILES string of the molecule is Nc1cc(C(=O)OCc2cc(F)cc(Br)c2)ccc1F. The highest BCUT2D eigenvalue weighted by Crippen LogP contribution is 2.17. The van der Waals surface area contributed by atoms with Gasteiger partial charge in [-0.25, -0.2) is 13.6 Å². The molecule has 2 aromatic rings. The molecule has 0 bridgehead atoms. The molecule has 0 spiro atoms. The number of hydrogen-bond acceptors (Lipinski definition) is 3. The highest BCUT2D eigenvalue weighted by molar-refractivity contribution is 9.10. The highest BCUT2D eigenvalue weighted by atomic mass is 79.9. The number of anilines is 1. The number of nitrogens with two attached hydrogens (primary N) is 1. The summed E-state index contributed by atoms with van der Waals surface area (Å²) in [5, 5.41) is 0. The zero-order valence-electron chi connectivity index (χ0n) is 10.2. The van der Waals surface area contributed by atoms with Crippen LogP contribution in [-0.4, -0.2) is 5.97 Å². The van der Waals surface area contributed by atoms with Gasteiger partial charge in [0, 0.05) is 4.47 Å². The van der Waals surface area contributed by atoms with E-state index in [2.05, 4.69) is 15.9 Å². The summed E-state index contributed by atoms with van der Waals surface area (Å²) in [7, 11) is 0. The van der Waals surface area contributed by atoms with Gasteiger partial charge in [0.2, 0.25) is 0 Å². The molecule has 0 heterocycles. The van der Waals surface area contributed by atoms with E-state index in [4.69, 9.17) is 10.5 Å². The molecule has 0 atom stereocenters. The Hall–Kier alpha value is -1.95. The first-order valence-corrected chi connectivity index (χ1v) is 6.42. The van der Waals surface area contributed by atoms with Crippen molar-refractivity contribution in [3.8, 4) is 0 Å². The molecule has 0 fully saturated rings. The maximum atomic E-state index is 13.1. The summed E-state index contributed by atoms with van der Waals surface area (Å²) in [4.78, 5) is 11.7. The van der Waals surface area contributed by atoms with Gasteiger partial charge in [-0.05, 0) is 42.0 Å². The highest BCUT2D eigenvalue weighted by Gasteiger charge is 2.10. The van der Waals surface area contributed by atoms with Gasteiger partial charge >= 0.3 is 5.97 Å². The summed E-state index contributed by atoms with van der Waals surface area (Å²) in [6.45, 7) is -0.0908. The van der Waals surface area contributed by atoms with E-state index in [-0.39, 0.29) is 17.9 Å². The Labute approximate surface area is 122 Å². The fourth-order valence-corrected chi connectivity index (χ4v) is 2.11. The van der Waals surface area contributed by atoms with Gasteiger partial charge in [-0.2, -0.15) is 0 Å². The number of esters is 1. The lowest BCUT2D eigenvalue weighted by molar-refractivity contribution is 0.0472. The molecule has 0 aromatic heterocycles. The Kier molecular flexibility index (Phi) is 4.34. The summed E-state index contributed by atoms with van der Waals surface area (Å²) < 4.78 is 31.7. The van der Waals surface area contributed by atoms with Crippen molar-refractivity contribution in [3.05, 3.63) is 63.6 Å². The third-order valence-electron chi connectivity index (χ3n) is 2.52. The van der Waals surface area contributed by atoms with Gasteiger partial charge in [0.25, 0.3) is 0 Å². The fourth-order valence-electron chi connectivity index (χ4n) is 1.60. The third-order valence-corrected chi connectivity index (χ3v) is 2.98. The van der Waals surface area contributed by atoms with Crippen molar-refractivity contribution in [2.45, 2.75) is 6.61 Å². The van der Waals surface area contributed by atoms with Crippen molar-refractivity contribution >= 4 is 27.6 Å². The monoisotopic (exact) mass is 341 g/mol. The maximum Gasteiger partial charge on any atom is 0.338 e. The first-order valence-electron chi connectivity index (χ1n) is 5.63. The molecule has 2 N–H and O–H groups in total. The lowest BCUT2D eigenvalue weighted by Gasteiger charge is -2.06. The quantitative estimate of drug-likeness (QED) is 0.684. The molecule has 2 rings (SSSR count). The van der Waals surface area contributed by atoms with Crippen molar-refractivity contribution in [1.82, 2.24) is 0 Å². The molecule has 6 heteroatoms. The molecule has 0 aliphatic rings. The molecule has 3 nitrogen and oxygen atoms in total. The summed E-state index contributed by atoms with van der Waals surface area (Å²) in [5.41, 5.74) is 5.87. The van der Waals surface area contributed by atoms with Gasteiger partial charge in [0.15, 0.2) is 0 Å². The van der Waals surface area contributed by atoms with E-state index < -0.39 is 17.6 Å². The number of carbonyl (C=O) groups excluding carboxylic acids is 1. The van der Waals surface area contributed by atoms with Crippen molar-refractivity contribution in [1.29, 1.82) is 0 Å². The number of ether oxygens (including phenoxy) is 1. The molecule has 104 valence electrons. The minimum atomic E-state index is -0.655. The van der Waals surface area contributed by atoms with E-state index in [1.165, 1.54) is 24.3 Å². The van der Waals surface area contributed by atoms with E-state index >= 15 is 0 Å². The van der Waals surface area contributed by atoms with Crippen LogP contribution in [0, 0.1) is 11.6 Å². The van der Waals surface area contributed by atoms with Crippen molar-refractivity contribution < 1.29 is 18.3 Å². The van der Waals surface area contributed by atoms with Crippen LogP contribution >= 0.6 is 15.9 Å². The van der Waals surface area contributed by atoms with Crippen LogP contribution in [-0.2, 0) is 11.3 Å². The molecule has 0 radical (unpaired) electrons. The van der Waals surface area contributed by atoms with Crippen LogP contribution in [0.1, 0.15) is 15.9 Å². The lowest BCUT2D eigenvalue weighted by atomic mass is 10.2. The van der Waals surface area contributed by atoms with E-state index in [0.717, 1.165) is 6.07 Å². The molecule has 0 saturated carbocycles. The zero-order valence-corrected chi connectivity index (χ0v) is 11.8. The Morgan fingerprint density at radius 2 is 1.95 bits per heavy atom. The summed E-state index contributed by atoms with van der Waals surface area (Å²) in [5.74, 6) is -1.69. The molecule has 0 aliphatic heterocycles. The van der Waals surface area contributed by atoms with Crippen LogP contribution in [0.2, 0.25) is 0 Å². The second-order valence-electron chi connectivity index (χ2n) is 4.09. The van der Waals surface area contributed by atoms with Crippen molar-refractivity contribution in [3.63, 3.8) is 0 Å².